The predicted molar refractivity (Wildman–Crippen MR) is 128 cm³/mol. The molecule has 1 aromatic rings. The molecule has 5 atom stereocenters. The summed E-state index contributed by atoms with van der Waals surface area (Å²) in [6.07, 6.45) is -8.23. The Morgan fingerprint density at radius 3 is 1.69 bits per heavy atom. The van der Waals surface area contributed by atoms with Crippen molar-refractivity contribution >= 4 is 29.8 Å². The first-order chi connectivity index (χ1) is 18.4. The monoisotopic (exact) mass is 556 g/mol. The second kappa shape index (κ2) is 14.2. The summed E-state index contributed by atoms with van der Waals surface area (Å²) < 4.78 is 48.0. The van der Waals surface area contributed by atoms with E-state index in [-0.39, 0.29) is 6.61 Å². The number of ether oxygens (including phenoxy) is 9. The minimum atomic E-state index is -1.75. The van der Waals surface area contributed by atoms with Crippen molar-refractivity contribution in [1.82, 2.24) is 0 Å². The third-order valence-electron chi connectivity index (χ3n) is 5.11. The summed E-state index contributed by atoms with van der Waals surface area (Å²) in [5.41, 5.74) is 0.436. The first-order valence-electron chi connectivity index (χ1n) is 11.8. The summed E-state index contributed by atoms with van der Waals surface area (Å²) in [4.78, 5) is 60.5. The number of methoxy groups -OCH3 is 2. The molecule has 0 unspecified atom stereocenters. The van der Waals surface area contributed by atoms with Gasteiger partial charge in [0.05, 0.1) is 20.8 Å². The van der Waals surface area contributed by atoms with Crippen LogP contribution in [0.5, 0.6) is 17.2 Å². The number of hydrogen-bond acceptors (Lipinski definition) is 14. The maximum atomic E-state index is 13.2. The smallest absolute Gasteiger partial charge is 0.339 e. The predicted octanol–water partition coefficient (Wildman–Crippen LogP) is 1.23. The normalized spacial score (nSPS) is 22.1. The number of rotatable bonds is 11. The summed E-state index contributed by atoms with van der Waals surface area (Å²) in [6, 6.07) is 3.12. The van der Waals surface area contributed by atoms with Crippen molar-refractivity contribution in [2.24, 2.45) is 0 Å². The lowest BCUT2D eigenvalue weighted by Gasteiger charge is -2.42. The van der Waals surface area contributed by atoms with Gasteiger partial charge in [0.15, 0.2) is 29.8 Å². The van der Waals surface area contributed by atoms with E-state index < -0.39 is 60.6 Å². The number of carbonyl (C=O) groups excluding carboxylic acids is 5. The highest BCUT2D eigenvalue weighted by Gasteiger charge is 2.56. The van der Waals surface area contributed by atoms with Crippen LogP contribution in [0.15, 0.2) is 12.1 Å². The molecule has 0 N–H and O–H groups in total. The van der Waals surface area contributed by atoms with Gasteiger partial charge < -0.3 is 42.6 Å². The molecule has 2 rings (SSSR count). The highest BCUT2D eigenvalue weighted by molar-refractivity contribution is 5.77. The van der Waals surface area contributed by atoms with Crippen LogP contribution in [0.1, 0.15) is 40.2 Å². The molecule has 0 saturated carbocycles. The molecule has 0 radical (unpaired) electrons. The Morgan fingerprint density at radius 1 is 0.744 bits per heavy atom. The van der Waals surface area contributed by atoms with Crippen LogP contribution >= 0.6 is 0 Å². The highest BCUT2D eigenvalue weighted by Crippen LogP contribution is 2.39. The first-order valence-corrected chi connectivity index (χ1v) is 11.8. The molecule has 1 aliphatic heterocycles. The van der Waals surface area contributed by atoms with Crippen LogP contribution in [0.4, 0.5) is 0 Å². The Bertz CT molecular complexity index is 1040. The molecule has 1 heterocycles. The van der Waals surface area contributed by atoms with E-state index in [9.17, 15) is 24.0 Å². The van der Waals surface area contributed by atoms with E-state index in [0.717, 1.165) is 27.7 Å². The summed E-state index contributed by atoms with van der Waals surface area (Å²) in [7, 11) is 2.85. The molecule has 0 amide bonds. The molecular formula is C25H32O14. The van der Waals surface area contributed by atoms with Crippen molar-refractivity contribution in [1.29, 1.82) is 0 Å². The van der Waals surface area contributed by atoms with Crippen LogP contribution in [0.25, 0.3) is 0 Å². The molecule has 14 heteroatoms. The van der Waals surface area contributed by atoms with Crippen LogP contribution in [0.3, 0.4) is 0 Å². The van der Waals surface area contributed by atoms with Gasteiger partial charge in [-0.25, -0.2) is 4.79 Å². The van der Waals surface area contributed by atoms with Crippen molar-refractivity contribution < 1.29 is 66.6 Å². The van der Waals surface area contributed by atoms with Gasteiger partial charge in [-0.2, -0.15) is 0 Å². The minimum absolute atomic E-state index is 0.322. The fourth-order valence-corrected chi connectivity index (χ4v) is 3.76. The van der Waals surface area contributed by atoms with Crippen LogP contribution < -0.4 is 14.2 Å². The molecule has 14 nitrogen and oxygen atoms in total. The first kappa shape index (κ1) is 31.1. The van der Waals surface area contributed by atoms with E-state index in [1.54, 1.807) is 19.1 Å². The molecule has 1 aliphatic rings. The topological polar surface area (TPSA) is 168 Å². The van der Waals surface area contributed by atoms with E-state index in [4.69, 9.17) is 42.6 Å². The van der Waals surface area contributed by atoms with Crippen LogP contribution in [0, 0.1) is 0 Å². The molecule has 1 aromatic carbocycles. The van der Waals surface area contributed by atoms with Gasteiger partial charge in [-0.05, 0) is 24.6 Å². The van der Waals surface area contributed by atoms with Crippen LogP contribution in [0.2, 0.25) is 0 Å². The van der Waals surface area contributed by atoms with Crippen LogP contribution in [-0.4, -0.2) is 81.4 Å². The Labute approximate surface area is 224 Å². The lowest BCUT2D eigenvalue weighted by molar-refractivity contribution is -0.294. The fraction of sp³-hybridized carbons (Fsp3) is 0.560. The summed E-state index contributed by atoms with van der Waals surface area (Å²) in [6.45, 7) is 6.00. The Balaban J connectivity index is 2.42. The maximum absolute atomic E-state index is 13.2. The molecule has 1 fully saturated rings. The van der Waals surface area contributed by atoms with Gasteiger partial charge in [0.2, 0.25) is 18.1 Å². The van der Waals surface area contributed by atoms with Gasteiger partial charge >= 0.3 is 29.8 Å². The van der Waals surface area contributed by atoms with Crippen molar-refractivity contribution in [3.63, 3.8) is 0 Å². The van der Waals surface area contributed by atoms with E-state index >= 15 is 0 Å². The van der Waals surface area contributed by atoms with Crippen LogP contribution in [-0.2, 0) is 59.0 Å². The average Bonchev–Trinajstić information content (AvgIpc) is 2.85. The SMILES string of the molecule is CCOc1c(OC)cc(COC(=O)[C@H]2O[C@@H](OC(C)=O)[C@H](OC(C)=O)[C@@H](OC(C)=O)[C@@H]2OC(C)=O)cc1OC. The largest absolute Gasteiger partial charge is 0.493 e. The van der Waals surface area contributed by atoms with Crippen molar-refractivity contribution in [3.05, 3.63) is 17.7 Å². The minimum Gasteiger partial charge on any atom is -0.493 e. The van der Waals surface area contributed by atoms with E-state index in [1.165, 1.54) is 14.2 Å². The second-order valence-electron chi connectivity index (χ2n) is 8.13. The fourth-order valence-electron chi connectivity index (χ4n) is 3.76. The molecule has 0 aromatic heterocycles. The van der Waals surface area contributed by atoms with Crippen molar-refractivity contribution in [2.75, 3.05) is 20.8 Å². The number of carbonyl (C=O) groups is 5. The summed E-state index contributed by atoms with van der Waals surface area (Å²) >= 11 is 0. The lowest BCUT2D eigenvalue weighted by Crippen LogP contribution is -2.64. The van der Waals surface area contributed by atoms with Gasteiger partial charge in [-0.15, -0.1) is 0 Å². The summed E-state index contributed by atoms with van der Waals surface area (Å²) in [5, 5.41) is 0. The number of esters is 5. The average molecular weight is 557 g/mol. The third-order valence-corrected chi connectivity index (χ3v) is 5.11. The molecule has 1 saturated heterocycles. The molecule has 216 valence electrons. The van der Waals surface area contributed by atoms with Gasteiger partial charge in [0, 0.05) is 27.7 Å². The maximum Gasteiger partial charge on any atom is 0.339 e. The Hall–Kier alpha value is -4.07. The second-order valence-corrected chi connectivity index (χ2v) is 8.13. The summed E-state index contributed by atoms with van der Waals surface area (Å²) in [5.74, 6) is -3.50. The third kappa shape index (κ3) is 8.46. The van der Waals surface area contributed by atoms with Gasteiger partial charge in [-0.1, -0.05) is 0 Å². The van der Waals surface area contributed by atoms with Gasteiger partial charge in [0.1, 0.15) is 6.61 Å². The van der Waals surface area contributed by atoms with E-state index in [2.05, 4.69) is 0 Å². The van der Waals surface area contributed by atoms with Crippen molar-refractivity contribution in [3.8, 4) is 17.2 Å². The standard InChI is InChI=1S/C25H32O14/c1-8-33-19-17(31-6)9-16(10-18(19)32-7)11-34-24(30)22-20(35-12(2)26)21(36-13(3)27)23(37-14(4)28)25(39-22)38-15(5)29/h9-10,20-23,25H,8,11H2,1-7H3/t20-,21-,22-,23+,25+/m0/s1. The zero-order valence-electron chi connectivity index (χ0n) is 22.7. The zero-order valence-corrected chi connectivity index (χ0v) is 22.7. The number of benzene rings is 1. The molecule has 0 aliphatic carbocycles. The zero-order chi connectivity index (χ0) is 29.3. The lowest BCUT2D eigenvalue weighted by atomic mass is 9.97. The molecule has 39 heavy (non-hydrogen) atoms. The number of hydrogen-bond donors (Lipinski definition) is 0. The Morgan fingerprint density at radius 2 is 1.23 bits per heavy atom. The Kier molecular flexibility index (Phi) is 11.3. The van der Waals surface area contributed by atoms with Crippen molar-refractivity contribution in [2.45, 2.75) is 71.9 Å². The quantitative estimate of drug-likeness (QED) is 0.282. The van der Waals surface area contributed by atoms with Gasteiger partial charge in [-0.3, -0.25) is 19.2 Å². The van der Waals surface area contributed by atoms with E-state index in [0.29, 0.717) is 29.4 Å². The molecular weight excluding hydrogens is 524 g/mol. The highest BCUT2D eigenvalue weighted by atomic mass is 16.7. The molecule has 0 spiro atoms. The molecule has 0 bridgehead atoms. The van der Waals surface area contributed by atoms with E-state index in [1.807, 2.05) is 0 Å². The van der Waals surface area contributed by atoms with Gasteiger partial charge in [0.25, 0.3) is 0 Å².